The average molecular weight is 182 g/mol. The molecule has 1 heteroatoms. The van der Waals surface area contributed by atoms with Crippen LogP contribution in [-0.4, -0.2) is 5.78 Å². The largest absolute Gasteiger partial charge is 0.299 e. The van der Waals surface area contributed by atoms with Crippen molar-refractivity contribution < 1.29 is 4.79 Å². The molecule has 0 heterocycles. The quantitative estimate of drug-likeness (QED) is 0.652. The van der Waals surface area contributed by atoms with Gasteiger partial charge in [-0.25, -0.2) is 0 Å². The Bertz CT molecular complexity index is 180. The molecule has 1 fully saturated rings. The van der Waals surface area contributed by atoms with Crippen LogP contribution in [0.1, 0.15) is 59.3 Å². The molecule has 0 saturated heterocycles. The van der Waals surface area contributed by atoms with E-state index in [4.69, 9.17) is 0 Å². The standard InChI is InChI=1S/C12H22O/c1-4-12(3,10(2)13)11-8-6-5-7-9-11/h11H,4-9H2,1-3H3. The minimum Gasteiger partial charge on any atom is -0.299 e. The number of carbonyl (C=O) groups is 1. The first-order valence-electron chi connectivity index (χ1n) is 5.62. The second-order valence-electron chi connectivity index (χ2n) is 4.66. The summed E-state index contributed by atoms with van der Waals surface area (Å²) in [5, 5.41) is 0. The first-order valence-corrected chi connectivity index (χ1v) is 5.62. The van der Waals surface area contributed by atoms with Gasteiger partial charge in [-0.15, -0.1) is 0 Å². The fourth-order valence-electron chi connectivity index (χ4n) is 2.56. The van der Waals surface area contributed by atoms with Crippen LogP contribution in [-0.2, 0) is 4.79 Å². The molecule has 0 bridgehead atoms. The van der Waals surface area contributed by atoms with Crippen molar-refractivity contribution in [2.75, 3.05) is 0 Å². The zero-order chi connectivity index (χ0) is 9.90. The van der Waals surface area contributed by atoms with E-state index in [2.05, 4.69) is 13.8 Å². The van der Waals surface area contributed by atoms with E-state index in [9.17, 15) is 4.79 Å². The lowest BCUT2D eigenvalue weighted by atomic mass is 9.66. The zero-order valence-corrected chi connectivity index (χ0v) is 9.23. The van der Waals surface area contributed by atoms with Crippen LogP contribution >= 0.6 is 0 Å². The Labute approximate surface area is 81.9 Å². The molecule has 1 nitrogen and oxygen atoms in total. The summed E-state index contributed by atoms with van der Waals surface area (Å²) in [7, 11) is 0. The number of hydrogen-bond donors (Lipinski definition) is 0. The Hall–Kier alpha value is -0.330. The lowest BCUT2D eigenvalue weighted by Crippen LogP contribution is -2.35. The Morgan fingerprint density at radius 2 is 1.85 bits per heavy atom. The van der Waals surface area contributed by atoms with E-state index in [0.717, 1.165) is 6.42 Å². The van der Waals surface area contributed by atoms with E-state index >= 15 is 0 Å². The summed E-state index contributed by atoms with van der Waals surface area (Å²) in [4.78, 5) is 11.6. The van der Waals surface area contributed by atoms with Gasteiger partial charge in [-0.1, -0.05) is 33.1 Å². The third-order valence-corrected chi connectivity index (χ3v) is 4.04. The predicted molar refractivity (Wildman–Crippen MR) is 55.7 cm³/mol. The smallest absolute Gasteiger partial charge is 0.135 e. The second-order valence-corrected chi connectivity index (χ2v) is 4.66. The topological polar surface area (TPSA) is 17.1 Å². The minimum atomic E-state index is -0.0274. The van der Waals surface area contributed by atoms with Gasteiger partial charge in [0.15, 0.2) is 0 Å². The minimum absolute atomic E-state index is 0.0274. The van der Waals surface area contributed by atoms with Crippen LogP contribution in [0.4, 0.5) is 0 Å². The average Bonchev–Trinajstić information content (AvgIpc) is 2.17. The number of hydrogen-bond acceptors (Lipinski definition) is 1. The van der Waals surface area contributed by atoms with E-state index in [0.29, 0.717) is 11.7 Å². The van der Waals surface area contributed by atoms with E-state index in [1.54, 1.807) is 6.92 Å². The van der Waals surface area contributed by atoms with Crippen molar-refractivity contribution in [1.82, 2.24) is 0 Å². The Morgan fingerprint density at radius 3 is 2.23 bits per heavy atom. The fourth-order valence-corrected chi connectivity index (χ4v) is 2.56. The molecule has 1 rings (SSSR count). The van der Waals surface area contributed by atoms with Crippen LogP contribution in [0.25, 0.3) is 0 Å². The summed E-state index contributed by atoms with van der Waals surface area (Å²) in [6.07, 6.45) is 7.57. The van der Waals surface area contributed by atoms with E-state index in [1.807, 2.05) is 0 Å². The number of ketones is 1. The molecule has 1 atom stereocenters. The highest BCUT2D eigenvalue weighted by molar-refractivity contribution is 5.82. The summed E-state index contributed by atoms with van der Waals surface area (Å²) < 4.78 is 0. The molecule has 0 spiro atoms. The van der Waals surface area contributed by atoms with Gasteiger partial charge in [-0.05, 0) is 32.1 Å². The van der Waals surface area contributed by atoms with Gasteiger partial charge in [0.05, 0.1) is 0 Å². The normalized spacial score (nSPS) is 23.9. The van der Waals surface area contributed by atoms with Crippen LogP contribution in [0.15, 0.2) is 0 Å². The van der Waals surface area contributed by atoms with Gasteiger partial charge < -0.3 is 0 Å². The molecule has 1 aliphatic rings. The maximum atomic E-state index is 11.6. The highest BCUT2D eigenvalue weighted by Crippen LogP contribution is 2.41. The van der Waals surface area contributed by atoms with Crippen molar-refractivity contribution in [2.24, 2.45) is 11.3 Å². The summed E-state index contributed by atoms with van der Waals surface area (Å²) >= 11 is 0. The third-order valence-electron chi connectivity index (χ3n) is 4.04. The lowest BCUT2D eigenvalue weighted by molar-refractivity contribution is -0.129. The summed E-state index contributed by atoms with van der Waals surface area (Å²) in [5.74, 6) is 1.05. The molecule has 0 amide bonds. The van der Waals surface area contributed by atoms with Crippen molar-refractivity contribution in [3.8, 4) is 0 Å². The Kier molecular flexibility index (Phi) is 3.52. The highest BCUT2D eigenvalue weighted by Gasteiger charge is 2.37. The first kappa shape index (κ1) is 10.7. The zero-order valence-electron chi connectivity index (χ0n) is 9.23. The molecule has 0 aromatic heterocycles. The molecule has 1 aliphatic carbocycles. The van der Waals surface area contributed by atoms with Crippen molar-refractivity contribution in [2.45, 2.75) is 59.3 Å². The molecule has 0 N–H and O–H groups in total. The van der Waals surface area contributed by atoms with Crippen LogP contribution in [0, 0.1) is 11.3 Å². The molecule has 1 unspecified atom stereocenters. The highest BCUT2D eigenvalue weighted by atomic mass is 16.1. The Balaban J connectivity index is 2.68. The van der Waals surface area contributed by atoms with Crippen LogP contribution in [0.2, 0.25) is 0 Å². The van der Waals surface area contributed by atoms with Gasteiger partial charge in [-0.2, -0.15) is 0 Å². The fraction of sp³-hybridized carbons (Fsp3) is 0.917. The second kappa shape index (κ2) is 4.26. The summed E-state index contributed by atoms with van der Waals surface area (Å²) in [5.41, 5.74) is -0.0274. The van der Waals surface area contributed by atoms with Crippen molar-refractivity contribution in [3.05, 3.63) is 0 Å². The van der Waals surface area contributed by atoms with Crippen LogP contribution < -0.4 is 0 Å². The summed E-state index contributed by atoms with van der Waals surface area (Å²) in [6, 6.07) is 0. The molecule has 1 saturated carbocycles. The Morgan fingerprint density at radius 1 is 1.31 bits per heavy atom. The monoisotopic (exact) mass is 182 g/mol. The van der Waals surface area contributed by atoms with Gasteiger partial charge in [0, 0.05) is 5.41 Å². The molecular formula is C12H22O. The number of rotatable bonds is 3. The van der Waals surface area contributed by atoms with Gasteiger partial charge in [0.1, 0.15) is 5.78 Å². The van der Waals surface area contributed by atoms with Gasteiger partial charge in [0.25, 0.3) is 0 Å². The molecule has 0 aromatic rings. The van der Waals surface area contributed by atoms with Gasteiger partial charge in [-0.3, -0.25) is 4.79 Å². The first-order chi connectivity index (χ1) is 6.11. The van der Waals surface area contributed by atoms with Crippen molar-refractivity contribution in [1.29, 1.82) is 0 Å². The number of Topliss-reactive ketones (excluding diaryl/α,β-unsaturated/α-hetero) is 1. The van der Waals surface area contributed by atoms with E-state index < -0.39 is 0 Å². The van der Waals surface area contributed by atoms with E-state index in [-0.39, 0.29) is 5.41 Å². The number of carbonyl (C=O) groups excluding carboxylic acids is 1. The van der Waals surface area contributed by atoms with E-state index in [1.165, 1.54) is 32.1 Å². The lowest BCUT2D eigenvalue weighted by Gasteiger charge is -2.37. The van der Waals surface area contributed by atoms with Crippen LogP contribution in [0.5, 0.6) is 0 Å². The van der Waals surface area contributed by atoms with Gasteiger partial charge >= 0.3 is 0 Å². The predicted octanol–water partition coefficient (Wildman–Crippen LogP) is 3.57. The summed E-state index contributed by atoms with van der Waals surface area (Å²) in [6.45, 7) is 6.07. The van der Waals surface area contributed by atoms with Crippen molar-refractivity contribution >= 4 is 5.78 Å². The molecule has 0 aromatic carbocycles. The van der Waals surface area contributed by atoms with Crippen molar-refractivity contribution in [3.63, 3.8) is 0 Å². The van der Waals surface area contributed by atoms with Gasteiger partial charge in [0.2, 0.25) is 0 Å². The molecule has 0 aliphatic heterocycles. The maximum Gasteiger partial charge on any atom is 0.135 e. The molecular weight excluding hydrogens is 160 g/mol. The molecule has 76 valence electrons. The molecule has 0 radical (unpaired) electrons. The van der Waals surface area contributed by atoms with Crippen LogP contribution in [0.3, 0.4) is 0 Å². The maximum absolute atomic E-state index is 11.6. The third kappa shape index (κ3) is 2.12. The SMILES string of the molecule is CCC(C)(C(C)=O)C1CCCCC1. The molecule has 13 heavy (non-hydrogen) atoms.